The van der Waals surface area contributed by atoms with Crippen LogP contribution in [-0.2, 0) is 10.0 Å². The van der Waals surface area contributed by atoms with Crippen LogP contribution in [0.5, 0.6) is 0 Å². The Labute approximate surface area is 109 Å². The molecule has 102 valence electrons. The third-order valence-corrected chi connectivity index (χ3v) is 6.16. The lowest BCUT2D eigenvalue weighted by molar-refractivity contribution is 0.101. The van der Waals surface area contributed by atoms with Crippen LogP contribution in [0.15, 0.2) is 9.00 Å². The van der Waals surface area contributed by atoms with Gasteiger partial charge in [0.05, 0.1) is 6.10 Å². The van der Waals surface area contributed by atoms with Gasteiger partial charge in [-0.05, 0) is 19.8 Å². The molecular weight excluding hydrogens is 276 g/mol. The summed E-state index contributed by atoms with van der Waals surface area (Å²) in [5.41, 5.74) is 0.336. The van der Waals surface area contributed by atoms with Crippen molar-refractivity contribution >= 4 is 21.4 Å². The molecule has 1 aromatic heterocycles. The molecule has 6 nitrogen and oxygen atoms in total. The van der Waals surface area contributed by atoms with Crippen LogP contribution >= 0.6 is 11.3 Å². The third kappa shape index (κ3) is 2.82. The molecule has 2 rings (SSSR count). The summed E-state index contributed by atoms with van der Waals surface area (Å²) in [6.45, 7) is 1.55. The Balaban J connectivity index is 2.21. The molecule has 0 saturated heterocycles. The van der Waals surface area contributed by atoms with Crippen molar-refractivity contribution in [2.45, 2.75) is 49.0 Å². The molecule has 0 aromatic carbocycles. The van der Waals surface area contributed by atoms with E-state index < -0.39 is 27.0 Å². The Kier molecular flexibility index (Phi) is 3.90. The van der Waals surface area contributed by atoms with E-state index >= 15 is 0 Å². The van der Waals surface area contributed by atoms with Crippen molar-refractivity contribution in [3.63, 3.8) is 0 Å². The molecule has 1 aliphatic carbocycles. The van der Waals surface area contributed by atoms with Gasteiger partial charge in [-0.15, -0.1) is 0 Å². The molecule has 0 aliphatic heterocycles. The summed E-state index contributed by atoms with van der Waals surface area (Å²) in [7, 11) is -3.73. The topological polar surface area (TPSA) is 99.3 Å². The highest BCUT2D eigenvalue weighted by Gasteiger charge is 2.30. The monoisotopic (exact) mass is 292 g/mol. The number of sulfonamides is 1. The molecule has 3 N–H and O–H groups in total. The summed E-state index contributed by atoms with van der Waals surface area (Å²) in [5, 5.41) is 9.76. The zero-order valence-electron chi connectivity index (χ0n) is 9.97. The van der Waals surface area contributed by atoms with E-state index in [1.54, 1.807) is 6.92 Å². The summed E-state index contributed by atoms with van der Waals surface area (Å²) in [4.78, 5) is 13.2. The van der Waals surface area contributed by atoms with Gasteiger partial charge in [-0.25, -0.2) is 13.1 Å². The van der Waals surface area contributed by atoms with Crippen LogP contribution in [0.4, 0.5) is 0 Å². The van der Waals surface area contributed by atoms with Crippen LogP contribution in [-0.4, -0.2) is 30.7 Å². The number of thiazole rings is 1. The van der Waals surface area contributed by atoms with Crippen molar-refractivity contribution in [2.24, 2.45) is 0 Å². The Bertz CT molecular complexity index is 575. The maximum absolute atomic E-state index is 12.1. The van der Waals surface area contributed by atoms with Gasteiger partial charge in [0.1, 0.15) is 0 Å². The van der Waals surface area contributed by atoms with E-state index in [4.69, 9.17) is 0 Å². The third-order valence-electron chi connectivity index (χ3n) is 3.06. The first-order valence-corrected chi connectivity index (χ1v) is 8.10. The Hall–Kier alpha value is -0.700. The molecule has 2 atom stereocenters. The second-order valence-corrected chi connectivity index (χ2v) is 7.40. The number of aryl methyl sites for hydroxylation is 1. The fourth-order valence-electron chi connectivity index (χ4n) is 2.15. The largest absolute Gasteiger partial charge is 0.391 e. The molecule has 1 aromatic rings. The molecular formula is C10H16N2O4S2. The van der Waals surface area contributed by atoms with Crippen LogP contribution in [0.2, 0.25) is 0 Å². The second-order valence-electron chi connectivity index (χ2n) is 4.51. The van der Waals surface area contributed by atoms with Crippen molar-refractivity contribution < 1.29 is 13.5 Å². The molecule has 18 heavy (non-hydrogen) atoms. The van der Waals surface area contributed by atoms with E-state index in [0.29, 0.717) is 29.9 Å². The van der Waals surface area contributed by atoms with E-state index in [1.165, 1.54) is 0 Å². The fourth-order valence-corrected chi connectivity index (χ4v) is 4.77. The van der Waals surface area contributed by atoms with Crippen LogP contribution in [0.1, 0.15) is 31.4 Å². The number of aliphatic hydroxyl groups excluding tert-OH is 1. The molecule has 1 heterocycles. The first kappa shape index (κ1) is 13.7. The summed E-state index contributed by atoms with van der Waals surface area (Å²) < 4.78 is 26.7. The SMILES string of the molecule is Cc1[nH]c(=O)sc1S(=O)(=O)N[C@H]1CCCC[C@@H]1O. The van der Waals surface area contributed by atoms with E-state index in [2.05, 4.69) is 9.71 Å². The quantitative estimate of drug-likeness (QED) is 0.747. The Morgan fingerprint density at radius 2 is 2.06 bits per heavy atom. The summed E-state index contributed by atoms with van der Waals surface area (Å²) in [6, 6.07) is -0.458. The van der Waals surface area contributed by atoms with Gasteiger partial charge in [0.2, 0.25) is 0 Å². The normalized spacial score (nSPS) is 25.2. The maximum atomic E-state index is 12.1. The van der Waals surface area contributed by atoms with Gasteiger partial charge < -0.3 is 10.1 Å². The molecule has 0 amide bonds. The minimum absolute atomic E-state index is 0.00488. The molecule has 0 bridgehead atoms. The fraction of sp³-hybridized carbons (Fsp3) is 0.700. The number of aromatic nitrogens is 1. The minimum atomic E-state index is -3.73. The molecule has 8 heteroatoms. The molecule has 0 unspecified atom stereocenters. The van der Waals surface area contributed by atoms with Crippen molar-refractivity contribution in [1.29, 1.82) is 0 Å². The van der Waals surface area contributed by atoms with E-state index in [-0.39, 0.29) is 4.21 Å². The van der Waals surface area contributed by atoms with Crippen molar-refractivity contribution in [3.05, 3.63) is 15.4 Å². The number of hydrogen-bond acceptors (Lipinski definition) is 5. The molecule has 1 saturated carbocycles. The average molecular weight is 292 g/mol. The predicted molar refractivity (Wildman–Crippen MR) is 68.3 cm³/mol. The minimum Gasteiger partial charge on any atom is -0.391 e. The van der Waals surface area contributed by atoms with Crippen molar-refractivity contribution in [2.75, 3.05) is 0 Å². The first-order chi connectivity index (χ1) is 8.40. The molecule has 0 radical (unpaired) electrons. The van der Waals surface area contributed by atoms with Crippen LogP contribution < -0.4 is 9.60 Å². The molecule has 0 spiro atoms. The second kappa shape index (κ2) is 5.12. The van der Waals surface area contributed by atoms with Crippen molar-refractivity contribution in [3.8, 4) is 0 Å². The van der Waals surface area contributed by atoms with Crippen LogP contribution in [0.25, 0.3) is 0 Å². The van der Waals surface area contributed by atoms with Gasteiger partial charge in [-0.2, -0.15) is 0 Å². The van der Waals surface area contributed by atoms with E-state index in [9.17, 15) is 18.3 Å². The van der Waals surface area contributed by atoms with Gasteiger partial charge in [-0.1, -0.05) is 24.2 Å². The number of aliphatic hydroxyl groups is 1. The molecule has 1 aliphatic rings. The lowest BCUT2D eigenvalue weighted by Gasteiger charge is -2.27. The number of H-pyrrole nitrogens is 1. The standard InChI is InChI=1S/C10H16N2O4S2/c1-6-9(17-10(14)11-6)18(15,16)12-7-4-2-3-5-8(7)13/h7-8,12-13H,2-5H2,1H3,(H,11,14)/t7-,8-/m0/s1. The predicted octanol–water partition coefficient (Wildman–Crippen LogP) is 0.327. The maximum Gasteiger partial charge on any atom is 0.305 e. The highest BCUT2D eigenvalue weighted by atomic mass is 32.2. The Morgan fingerprint density at radius 3 is 2.61 bits per heavy atom. The zero-order chi connectivity index (χ0) is 13.3. The smallest absolute Gasteiger partial charge is 0.305 e. The number of nitrogens with one attached hydrogen (secondary N) is 2. The van der Waals surface area contributed by atoms with Gasteiger partial charge in [0.25, 0.3) is 10.0 Å². The van der Waals surface area contributed by atoms with Gasteiger partial charge in [-0.3, -0.25) is 4.79 Å². The number of rotatable bonds is 3. The zero-order valence-corrected chi connectivity index (χ0v) is 11.6. The highest BCUT2D eigenvalue weighted by molar-refractivity contribution is 7.91. The lowest BCUT2D eigenvalue weighted by atomic mass is 9.93. The van der Waals surface area contributed by atoms with E-state index in [0.717, 1.165) is 12.8 Å². The van der Waals surface area contributed by atoms with E-state index in [1.807, 2.05) is 0 Å². The lowest BCUT2D eigenvalue weighted by Crippen LogP contribution is -2.44. The highest BCUT2D eigenvalue weighted by Crippen LogP contribution is 2.22. The van der Waals surface area contributed by atoms with Crippen molar-refractivity contribution in [1.82, 2.24) is 9.71 Å². The van der Waals surface area contributed by atoms with Gasteiger partial charge in [0.15, 0.2) is 4.21 Å². The Morgan fingerprint density at radius 1 is 1.39 bits per heavy atom. The van der Waals surface area contributed by atoms with Gasteiger partial charge >= 0.3 is 4.87 Å². The van der Waals surface area contributed by atoms with Gasteiger partial charge in [0, 0.05) is 11.7 Å². The summed E-state index contributed by atoms with van der Waals surface area (Å²) in [6.07, 6.45) is 2.39. The first-order valence-electron chi connectivity index (χ1n) is 5.80. The summed E-state index contributed by atoms with van der Waals surface area (Å²) in [5.74, 6) is 0. The van der Waals surface area contributed by atoms with Crippen LogP contribution in [0.3, 0.4) is 0 Å². The summed E-state index contributed by atoms with van der Waals surface area (Å²) >= 11 is 0.668. The number of hydrogen-bond donors (Lipinski definition) is 3. The average Bonchev–Trinajstić information content (AvgIpc) is 2.62. The van der Waals surface area contributed by atoms with Crippen LogP contribution in [0, 0.1) is 6.92 Å². The molecule has 1 fully saturated rings. The number of aromatic amines is 1.